The summed E-state index contributed by atoms with van der Waals surface area (Å²) in [5, 5.41) is 11.8. The fourth-order valence-corrected chi connectivity index (χ4v) is 1.97. The third-order valence-electron chi connectivity index (χ3n) is 3.20. The SMILES string of the molecule is CC(C)c1ccc(NCC(C(C)C)N(C)C)nn1. The average molecular weight is 250 g/mol. The molecule has 4 nitrogen and oxygen atoms in total. The van der Waals surface area contributed by atoms with Crippen molar-refractivity contribution >= 4 is 5.82 Å². The van der Waals surface area contributed by atoms with Crippen molar-refractivity contribution in [3.05, 3.63) is 17.8 Å². The Bertz CT molecular complexity index is 335. The summed E-state index contributed by atoms with van der Waals surface area (Å²) in [6, 6.07) is 4.55. The molecule has 1 aromatic rings. The van der Waals surface area contributed by atoms with Gasteiger partial charge in [-0.1, -0.05) is 27.7 Å². The van der Waals surface area contributed by atoms with Crippen LogP contribution in [0.5, 0.6) is 0 Å². The Morgan fingerprint density at radius 1 is 1.11 bits per heavy atom. The number of nitrogens with one attached hydrogen (secondary N) is 1. The lowest BCUT2D eigenvalue weighted by molar-refractivity contribution is 0.243. The molecular formula is C14H26N4. The average Bonchev–Trinajstić information content (AvgIpc) is 2.28. The van der Waals surface area contributed by atoms with Crippen LogP contribution >= 0.6 is 0 Å². The Hall–Kier alpha value is -1.16. The van der Waals surface area contributed by atoms with Gasteiger partial charge in [0.15, 0.2) is 0 Å². The molecule has 0 spiro atoms. The molecule has 0 aliphatic rings. The maximum atomic E-state index is 4.22. The number of aromatic nitrogens is 2. The van der Waals surface area contributed by atoms with Crippen molar-refractivity contribution in [2.75, 3.05) is 26.0 Å². The van der Waals surface area contributed by atoms with Crippen LogP contribution in [0.1, 0.15) is 39.3 Å². The van der Waals surface area contributed by atoms with Gasteiger partial charge in [0.1, 0.15) is 5.82 Å². The number of anilines is 1. The molecular weight excluding hydrogens is 224 g/mol. The summed E-state index contributed by atoms with van der Waals surface area (Å²) in [5.41, 5.74) is 1.04. The number of rotatable bonds is 6. The summed E-state index contributed by atoms with van der Waals surface area (Å²) >= 11 is 0. The predicted molar refractivity (Wildman–Crippen MR) is 76.9 cm³/mol. The normalized spacial score (nSPS) is 13.4. The molecule has 1 rings (SSSR count). The maximum Gasteiger partial charge on any atom is 0.148 e. The molecule has 0 aromatic carbocycles. The lowest BCUT2D eigenvalue weighted by Gasteiger charge is -2.28. The van der Waals surface area contributed by atoms with Crippen molar-refractivity contribution < 1.29 is 0 Å². The first-order chi connectivity index (χ1) is 8.41. The van der Waals surface area contributed by atoms with E-state index >= 15 is 0 Å². The Kier molecular flexibility index (Phi) is 5.54. The van der Waals surface area contributed by atoms with E-state index in [1.165, 1.54) is 0 Å². The molecule has 0 saturated carbocycles. The second kappa shape index (κ2) is 6.69. The molecule has 1 heterocycles. The Labute approximate surface area is 111 Å². The van der Waals surface area contributed by atoms with Crippen LogP contribution in [0.15, 0.2) is 12.1 Å². The first-order valence-electron chi connectivity index (χ1n) is 6.65. The third kappa shape index (κ3) is 4.26. The maximum absolute atomic E-state index is 4.22. The van der Waals surface area contributed by atoms with Crippen molar-refractivity contribution in [3.63, 3.8) is 0 Å². The highest BCUT2D eigenvalue weighted by atomic mass is 15.2. The molecule has 102 valence electrons. The molecule has 1 unspecified atom stereocenters. The molecule has 0 aliphatic heterocycles. The zero-order valence-electron chi connectivity index (χ0n) is 12.4. The van der Waals surface area contributed by atoms with Crippen LogP contribution in [-0.4, -0.2) is 41.8 Å². The van der Waals surface area contributed by atoms with Gasteiger partial charge in [0.25, 0.3) is 0 Å². The van der Waals surface area contributed by atoms with Gasteiger partial charge < -0.3 is 10.2 Å². The lowest BCUT2D eigenvalue weighted by atomic mass is 10.0. The van der Waals surface area contributed by atoms with Crippen LogP contribution in [0, 0.1) is 5.92 Å². The molecule has 1 aromatic heterocycles. The van der Waals surface area contributed by atoms with E-state index in [1.54, 1.807) is 0 Å². The van der Waals surface area contributed by atoms with Crippen molar-refractivity contribution in [3.8, 4) is 0 Å². The van der Waals surface area contributed by atoms with E-state index in [1.807, 2.05) is 12.1 Å². The number of hydrogen-bond donors (Lipinski definition) is 1. The van der Waals surface area contributed by atoms with Gasteiger partial charge in [0.2, 0.25) is 0 Å². The topological polar surface area (TPSA) is 41.0 Å². The molecule has 0 aliphatic carbocycles. The minimum atomic E-state index is 0.428. The van der Waals surface area contributed by atoms with E-state index in [0.717, 1.165) is 18.1 Å². The van der Waals surface area contributed by atoms with Crippen LogP contribution in [0.4, 0.5) is 5.82 Å². The minimum absolute atomic E-state index is 0.428. The summed E-state index contributed by atoms with van der Waals surface area (Å²) in [7, 11) is 4.22. The summed E-state index contributed by atoms with van der Waals surface area (Å²) in [6.45, 7) is 9.61. The first-order valence-corrected chi connectivity index (χ1v) is 6.65. The van der Waals surface area contributed by atoms with Crippen LogP contribution < -0.4 is 5.32 Å². The Balaban J connectivity index is 2.57. The molecule has 1 N–H and O–H groups in total. The van der Waals surface area contributed by atoms with Gasteiger partial charge in [-0.05, 0) is 38.1 Å². The zero-order valence-corrected chi connectivity index (χ0v) is 12.4. The summed E-state index contributed by atoms with van der Waals surface area (Å²) in [4.78, 5) is 2.24. The van der Waals surface area contributed by atoms with Crippen LogP contribution in [0.25, 0.3) is 0 Å². The van der Waals surface area contributed by atoms with Gasteiger partial charge in [0, 0.05) is 12.6 Å². The quantitative estimate of drug-likeness (QED) is 0.842. The number of likely N-dealkylation sites (N-methyl/N-ethyl adjacent to an activating group) is 1. The monoisotopic (exact) mass is 250 g/mol. The first kappa shape index (κ1) is 14.9. The van der Waals surface area contributed by atoms with Gasteiger partial charge in [-0.2, -0.15) is 5.10 Å². The van der Waals surface area contributed by atoms with Crippen molar-refractivity contribution in [2.45, 2.75) is 39.7 Å². The summed E-state index contributed by atoms with van der Waals surface area (Å²) in [5.74, 6) is 1.89. The van der Waals surface area contributed by atoms with E-state index in [0.29, 0.717) is 17.9 Å². The predicted octanol–water partition coefficient (Wildman–Crippen LogP) is 2.60. The van der Waals surface area contributed by atoms with Crippen LogP contribution in [0.3, 0.4) is 0 Å². The smallest absolute Gasteiger partial charge is 0.148 e. The van der Waals surface area contributed by atoms with E-state index in [-0.39, 0.29) is 0 Å². The lowest BCUT2D eigenvalue weighted by Crippen LogP contribution is -2.38. The van der Waals surface area contributed by atoms with Crippen molar-refractivity contribution in [1.82, 2.24) is 15.1 Å². The molecule has 18 heavy (non-hydrogen) atoms. The highest BCUT2D eigenvalue weighted by molar-refractivity contribution is 5.33. The highest BCUT2D eigenvalue weighted by Crippen LogP contribution is 2.13. The molecule has 0 amide bonds. The second-order valence-electron chi connectivity index (χ2n) is 5.65. The molecule has 0 bridgehead atoms. The van der Waals surface area contributed by atoms with Crippen LogP contribution in [-0.2, 0) is 0 Å². The largest absolute Gasteiger partial charge is 0.367 e. The molecule has 0 saturated heterocycles. The van der Waals surface area contributed by atoms with E-state index < -0.39 is 0 Å². The molecule has 0 radical (unpaired) electrons. The van der Waals surface area contributed by atoms with Gasteiger partial charge in [0.05, 0.1) is 5.69 Å². The van der Waals surface area contributed by atoms with E-state index in [2.05, 4.69) is 62.2 Å². The fraction of sp³-hybridized carbons (Fsp3) is 0.714. The summed E-state index contributed by atoms with van der Waals surface area (Å²) in [6.07, 6.45) is 0. The second-order valence-corrected chi connectivity index (χ2v) is 5.65. The molecule has 0 fully saturated rings. The Morgan fingerprint density at radius 2 is 1.78 bits per heavy atom. The van der Waals surface area contributed by atoms with E-state index in [4.69, 9.17) is 0 Å². The van der Waals surface area contributed by atoms with E-state index in [9.17, 15) is 0 Å². The fourth-order valence-electron chi connectivity index (χ4n) is 1.97. The highest BCUT2D eigenvalue weighted by Gasteiger charge is 2.15. The molecule has 4 heteroatoms. The van der Waals surface area contributed by atoms with Gasteiger partial charge in [-0.25, -0.2) is 0 Å². The zero-order chi connectivity index (χ0) is 13.7. The standard InChI is InChI=1S/C14H26N4/c1-10(2)12-7-8-14(17-16-12)15-9-13(11(3)4)18(5)6/h7-8,10-11,13H,9H2,1-6H3,(H,15,17). The van der Waals surface area contributed by atoms with Crippen molar-refractivity contribution in [1.29, 1.82) is 0 Å². The van der Waals surface area contributed by atoms with Crippen LogP contribution in [0.2, 0.25) is 0 Å². The van der Waals surface area contributed by atoms with Gasteiger partial charge >= 0.3 is 0 Å². The molecule has 1 atom stereocenters. The number of hydrogen-bond acceptors (Lipinski definition) is 4. The Morgan fingerprint density at radius 3 is 2.17 bits per heavy atom. The third-order valence-corrected chi connectivity index (χ3v) is 3.20. The number of nitrogens with zero attached hydrogens (tertiary/aromatic N) is 3. The van der Waals surface area contributed by atoms with Gasteiger partial charge in [-0.15, -0.1) is 5.10 Å². The van der Waals surface area contributed by atoms with Crippen molar-refractivity contribution in [2.24, 2.45) is 5.92 Å². The minimum Gasteiger partial charge on any atom is -0.367 e. The summed E-state index contributed by atoms with van der Waals surface area (Å²) < 4.78 is 0. The van der Waals surface area contributed by atoms with Gasteiger partial charge in [-0.3, -0.25) is 0 Å².